The number of hydrogen-bond donors (Lipinski definition) is 0. The van der Waals surface area contributed by atoms with Gasteiger partial charge in [0, 0.05) is 11.6 Å². The van der Waals surface area contributed by atoms with Crippen molar-refractivity contribution in [3.8, 4) is 0 Å². The third-order valence-electron chi connectivity index (χ3n) is 3.21. The Balaban J connectivity index is 2.21. The van der Waals surface area contributed by atoms with E-state index in [1.807, 2.05) is 18.2 Å². The van der Waals surface area contributed by atoms with E-state index < -0.39 is 27.9 Å². The second-order valence-electron chi connectivity index (χ2n) is 6.29. The summed E-state index contributed by atoms with van der Waals surface area (Å²) in [5, 5.41) is 0. The molecule has 0 aromatic carbocycles. The van der Waals surface area contributed by atoms with Gasteiger partial charge in [-0.3, -0.25) is 9.08 Å². The Hall–Kier alpha value is -1.34. The standard InChI is InChI=1S/C14H21NO5S/c1-14(2,3)19-13(16)15-9-12(20-21(4,17)18)10-7-5-6-8-11(10)15/h5-6,8,10,12H,7,9H2,1-4H3. The maximum Gasteiger partial charge on any atom is 0.414 e. The lowest BCUT2D eigenvalue weighted by molar-refractivity contribution is 0.0316. The zero-order chi connectivity index (χ0) is 15.8. The van der Waals surface area contributed by atoms with E-state index in [0.717, 1.165) is 12.0 Å². The van der Waals surface area contributed by atoms with Gasteiger partial charge < -0.3 is 4.74 Å². The first-order chi connectivity index (χ1) is 9.57. The van der Waals surface area contributed by atoms with Crippen molar-refractivity contribution in [2.45, 2.75) is 38.9 Å². The molecule has 0 radical (unpaired) electrons. The van der Waals surface area contributed by atoms with Gasteiger partial charge in [0.15, 0.2) is 0 Å². The molecule has 1 fully saturated rings. The summed E-state index contributed by atoms with van der Waals surface area (Å²) >= 11 is 0. The van der Waals surface area contributed by atoms with Crippen molar-refractivity contribution in [2.75, 3.05) is 12.8 Å². The molecule has 1 saturated heterocycles. The van der Waals surface area contributed by atoms with Crippen molar-refractivity contribution < 1.29 is 22.1 Å². The predicted molar refractivity (Wildman–Crippen MR) is 78.0 cm³/mol. The van der Waals surface area contributed by atoms with Crippen molar-refractivity contribution in [1.29, 1.82) is 0 Å². The van der Waals surface area contributed by atoms with Crippen molar-refractivity contribution >= 4 is 16.2 Å². The van der Waals surface area contributed by atoms with Crippen LogP contribution in [-0.2, 0) is 19.0 Å². The lowest BCUT2D eigenvalue weighted by atomic mass is 9.95. The van der Waals surface area contributed by atoms with Crippen LogP contribution in [0.4, 0.5) is 4.79 Å². The molecule has 2 aliphatic rings. The van der Waals surface area contributed by atoms with Gasteiger partial charge in [0.1, 0.15) is 11.7 Å². The minimum absolute atomic E-state index is 0.141. The van der Waals surface area contributed by atoms with E-state index in [1.54, 1.807) is 20.8 Å². The SMILES string of the molecule is CC(C)(C)OC(=O)N1CC(OS(C)(=O)=O)C2CC=CC=C21. The van der Waals surface area contributed by atoms with Crippen molar-refractivity contribution in [3.63, 3.8) is 0 Å². The summed E-state index contributed by atoms with van der Waals surface area (Å²) in [7, 11) is -3.57. The molecule has 118 valence electrons. The fourth-order valence-electron chi connectivity index (χ4n) is 2.50. The van der Waals surface area contributed by atoms with E-state index in [0.29, 0.717) is 6.42 Å². The fourth-order valence-corrected chi connectivity index (χ4v) is 3.14. The molecule has 7 heteroatoms. The molecule has 0 bridgehead atoms. The maximum atomic E-state index is 12.3. The van der Waals surface area contributed by atoms with E-state index in [1.165, 1.54) is 4.90 Å². The Morgan fingerprint density at radius 2 is 2.05 bits per heavy atom. The minimum Gasteiger partial charge on any atom is -0.443 e. The number of nitrogens with zero attached hydrogens (tertiary/aromatic N) is 1. The molecule has 0 saturated carbocycles. The van der Waals surface area contributed by atoms with E-state index in [-0.39, 0.29) is 12.5 Å². The van der Waals surface area contributed by atoms with Crippen molar-refractivity contribution in [3.05, 3.63) is 23.9 Å². The van der Waals surface area contributed by atoms with Crippen LogP contribution in [0.2, 0.25) is 0 Å². The first-order valence-electron chi connectivity index (χ1n) is 6.82. The summed E-state index contributed by atoms with van der Waals surface area (Å²) in [4.78, 5) is 13.7. The Kier molecular flexibility index (Phi) is 4.17. The average Bonchev–Trinajstić information content (AvgIpc) is 2.64. The van der Waals surface area contributed by atoms with Gasteiger partial charge in [-0.2, -0.15) is 8.42 Å². The molecule has 21 heavy (non-hydrogen) atoms. The molecule has 6 nitrogen and oxygen atoms in total. The van der Waals surface area contributed by atoms with Crippen LogP contribution in [0.1, 0.15) is 27.2 Å². The van der Waals surface area contributed by atoms with Gasteiger partial charge in [0.25, 0.3) is 10.1 Å². The van der Waals surface area contributed by atoms with Crippen LogP contribution in [-0.4, -0.2) is 43.9 Å². The number of likely N-dealkylation sites (tertiary alicyclic amines) is 1. The van der Waals surface area contributed by atoms with Crippen LogP contribution >= 0.6 is 0 Å². The molecular formula is C14H21NO5S. The fraction of sp³-hybridized carbons (Fsp3) is 0.643. The van der Waals surface area contributed by atoms with Gasteiger partial charge in [0.05, 0.1) is 12.8 Å². The Morgan fingerprint density at radius 1 is 1.38 bits per heavy atom. The third-order valence-corrected chi connectivity index (χ3v) is 3.81. The predicted octanol–water partition coefficient (Wildman–Crippen LogP) is 2.04. The second kappa shape index (κ2) is 5.46. The smallest absolute Gasteiger partial charge is 0.414 e. The van der Waals surface area contributed by atoms with Crippen LogP contribution in [0.5, 0.6) is 0 Å². The Morgan fingerprint density at radius 3 is 2.62 bits per heavy atom. The largest absolute Gasteiger partial charge is 0.443 e. The summed E-state index contributed by atoms with van der Waals surface area (Å²) in [5.41, 5.74) is 0.147. The quantitative estimate of drug-likeness (QED) is 0.729. The number of amides is 1. The molecule has 0 aromatic rings. The first kappa shape index (κ1) is 16.0. The average molecular weight is 315 g/mol. The van der Waals surface area contributed by atoms with Crippen molar-refractivity contribution in [1.82, 2.24) is 4.90 Å². The van der Waals surface area contributed by atoms with Crippen LogP contribution in [0.3, 0.4) is 0 Å². The lowest BCUT2D eigenvalue weighted by Gasteiger charge is -2.26. The molecule has 2 rings (SSSR count). The van der Waals surface area contributed by atoms with Gasteiger partial charge in [-0.15, -0.1) is 0 Å². The van der Waals surface area contributed by atoms with E-state index in [4.69, 9.17) is 8.92 Å². The third kappa shape index (κ3) is 4.07. The molecule has 1 aliphatic heterocycles. The van der Waals surface area contributed by atoms with E-state index in [2.05, 4.69) is 0 Å². The number of carbonyl (C=O) groups excluding carboxylic acids is 1. The summed E-state index contributed by atoms with van der Waals surface area (Å²) in [6, 6.07) is 0. The molecule has 0 spiro atoms. The van der Waals surface area contributed by atoms with Crippen LogP contribution in [0.15, 0.2) is 23.9 Å². The molecule has 1 heterocycles. The second-order valence-corrected chi connectivity index (χ2v) is 7.89. The lowest BCUT2D eigenvalue weighted by Crippen LogP contribution is -2.35. The number of allylic oxidation sites excluding steroid dienone is 3. The number of fused-ring (bicyclic) bond motifs is 1. The highest BCUT2D eigenvalue weighted by molar-refractivity contribution is 7.86. The van der Waals surface area contributed by atoms with Crippen molar-refractivity contribution in [2.24, 2.45) is 5.92 Å². The summed E-state index contributed by atoms with van der Waals surface area (Å²) in [5.74, 6) is -0.141. The Labute approximate surface area is 125 Å². The molecule has 2 unspecified atom stereocenters. The van der Waals surface area contributed by atoms with Crippen LogP contribution in [0.25, 0.3) is 0 Å². The molecular weight excluding hydrogens is 294 g/mol. The zero-order valence-corrected chi connectivity index (χ0v) is 13.5. The van der Waals surface area contributed by atoms with E-state index >= 15 is 0 Å². The summed E-state index contributed by atoms with van der Waals surface area (Å²) in [6.45, 7) is 5.55. The van der Waals surface area contributed by atoms with Crippen LogP contribution in [0, 0.1) is 5.92 Å². The molecule has 1 aliphatic carbocycles. The van der Waals surface area contributed by atoms with Crippen LogP contribution < -0.4 is 0 Å². The topological polar surface area (TPSA) is 72.9 Å². The molecule has 0 N–H and O–H groups in total. The Bertz CT molecular complexity index is 585. The summed E-state index contributed by atoms with van der Waals surface area (Å²) < 4.78 is 33.2. The molecule has 0 aromatic heterocycles. The molecule has 1 amide bonds. The maximum absolute atomic E-state index is 12.3. The number of carbonyl (C=O) groups is 1. The number of hydrogen-bond acceptors (Lipinski definition) is 5. The number of ether oxygens (including phenoxy) is 1. The van der Waals surface area contributed by atoms with Gasteiger partial charge in [-0.1, -0.05) is 12.2 Å². The highest BCUT2D eigenvalue weighted by Gasteiger charge is 2.43. The van der Waals surface area contributed by atoms with Gasteiger partial charge in [-0.05, 0) is 33.3 Å². The van der Waals surface area contributed by atoms with E-state index in [9.17, 15) is 13.2 Å². The first-order valence-corrected chi connectivity index (χ1v) is 8.64. The summed E-state index contributed by atoms with van der Waals surface area (Å²) in [6.07, 6.45) is 6.22. The highest BCUT2D eigenvalue weighted by atomic mass is 32.2. The zero-order valence-electron chi connectivity index (χ0n) is 12.7. The number of rotatable bonds is 2. The highest BCUT2D eigenvalue weighted by Crippen LogP contribution is 2.37. The minimum atomic E-state index is -3.57. The van der Waals surface area contributed by atoms with Gasteiger partial charge in [0.2, 0.25) is 0 Å². The normalized spacial score (nSPS) is 25.5. The molecule has 2 atom stereocenters. The van der Waals surface area contributed by atoms with Gasteiger partial charge in [-0.25, -0.2) is 4.79 Å². The van der Waals surface area contributed by atoms with Gasteiger partial charge >= 0.3 is 6.09 Å². The monoisotopic (exact) mass is 315 g/mol.